The van der Waals surface area contributed by atoms with Crippen LogP contribution in [0.4, 0.5) is 0 Å². The van der Waals surface area contributed by atoms with E-state index in [0.29, 0.717) is 5.96 Å². The molecule has 1 aliphatic heterocycles. The lowest BCUT2D eigenvalue weighted by atomic mass is 9.92. The number of carbonyl (C=O) groups is 2. The maximum absolute atomic E-state index is 13.0. The topological polar surface area (TPSA) is 161 Å². The molecule has 2 aliphatic rings. The van der Waals surface area contributed by atoms with Gasteiger partial charge >= 0.3 is 11.9 Å². The summed E-state index contributed by atoms with van der Waals surface area (Å²) < 4.78 is 38.9. The number of carbonyl (C=O) groups excluding carboxylic acids is 2. The highest BCUT2D eigenvalue weighted by molar-refractivity contribution is 7.89. The van der Waals surface area contributed by atoms with E-state index in [0.717, 1.165) is 25.7 Å². The molecule has 4 rings (SSSR count). The summed E-state index contributed by atoms with van der Waals surface area (Å²) in [6, 6.07) is 14.4. The fourth-order valence-corrected chi connectivity index (χ4v) is 5.50. The van der Waals surface area contributed by atoms with Crippen molar-refractivity contribution in [1.82, 2.24) is 15.4 Å². The summed E-state index contributed by atoms with van der Waals surface area (Å²) in [5.74, 6) is -1.21. The Hall–Kier alpha value is -3.48. The second kappa shape index (κ2) is 12.2. The minimum atomic E-state index is -3.99. The molecule has 2 aromatic rings. The number of benzene rings is 2. The van der Waals surface area contributed by atoms with E-state index in [1.165, 1.54) is 18.2 Å². The standard InChI is InChI=1S/C25H31N5O6S/c26-14-15-35-21-13-7-4-10-18(21)24(32)36-23(31)16-22(30-37(33,34)17-8-2-1-3-9-17)29-25-27-19-11-5-6-12-20(19)28-25/h1-4,7-10,13,19-20,22,30H,5-6,11-12,14-16,26H2,(H2,27,28,29)/t19-,20+,22-/m0/s1. The van der Waals surface area contributed by atoms with Crippen molar-refractivity contribution in [2.24, 2.45) is 10.7 Å². The molecular weight excluding hydrogens is 498 g/mol. The first-order valence-electron chi connectivity index (χ1n) is 12.2. The van der Waals surface area contributed by atoms with Crippen LogP contribution in [-0.2, 0) is 19.6 Å². The first kappa shape index (κ1) is 26.6. The van der Waals surface area contributed by atoms with Gasteiger partial charge < -0.3 is 25.8 Å². The van der Waals surface area contributed by atoms with Crippen molar-refractivity contribution in [3.05, 3.63) is 60.2 Å². The number of hydrogen-bond acceptors (Lipinski definition) is 10. The van der Waals surface area contributed by atoms with E-state index in [1.807, 2.05) is 0 Å². The van der Waals surface area contributed by atoms with Crippen LogP contribution >= 0.6 is 0 Å². The van der Waals surface area contributed by atoms with Crippen LogP contribution in [0.3, 0.4) is 0 Å². The molecule has 12 heteroatoms. The first-order chi connectivity index (χ1) is 17.9. The minimum absolute atomic E-state index is 0.0345. The quantitative estimate of drug-likeness (QED) is 0.202. The summed E-state index contributed by atoms with van der Waals surface area (Å²) in [5, 5.41) is 6.25. The Bertz CT molecular complexity index is 1240. The van der Waals surface area contributed by atoms with Crippen LogP contribution in [0.25, 0.3) is 0 Å². The molecule has 198 valence electrons. The zero-order valence-corrected chi connectivity index (χ0v) is 21.1. The molecule has 0 aromatic heterocycles. The van der Waals surface area contributed by atoms with E-state index in [2.05, 4.69) is 20.3 Å². The first-order valence-corrected chi connectivity index (χ1v) is 13.7. The van der Waals surface area contributed by atoms with Crippen molar-refractivity contribution in [3.8, 4) is 5.75 Å². The summed E-state index contributed by atoms with van der Waals surface area (Å²) in [6.07, 6.45) is 2.47. The molecule has 5 N–H and O–H groups in total. The van der Waals surface area contributed by atoms with Gasteiger partial charge in [-0.25, -0.2) is 18.2 Å². The molecule has 2 aromatic carbocycles. The van der Waals surface area contributed by atoms with Gasteiger partial charge in [0.25, 0.3) is 0 Å². The Morgan fingerprint density at radius 2 is 1.81 bits per heavy atom. The lowest BCUT2D eigenvalue weighted by Gasteiger charge is -2.24. The molecule has 1 aliphatic carbocycles. The smallest absolute Gasteiger partial charge is 0.349 e. The third-order valence-corrected chi connectivity index (χ3v) is 7.56. The molecule has 37 heavy (non-hydrogen) atoms. The number of nitrogens with two attached hydrogens (primary N) is 1. The lowest BCUT2D eigenvalue weighted by Crippen LogP contribution is -2.53. The van der Waals surface area contributed by atoms with E-state index in [9.17, 15) is 18.0 Å². The molecule has 0 unspecified atom stereocenters. The van der Waals surface area contributed by atoms with Gasteiger partial charge in [-0.3, -0.25) is 4.79 Å². The zero-order valence-electron chi connectivity index (χ0n) is 20.3. The minimum Gasteiger partial charge on any atom is -0.491 e. The molecular formula is C25H31N5O6S. The highest BCUT2D eigenvalue weighted by Gasteiger charge is 2.33. The summed E-state index contributed by atoms with van der Waals surface area (Å²) >= 11 is 0. The predicted molar refractivity (Wildman–Crippen MR) is 136 cm³/mol. The number of sulfonamides is 1. The number of para-hydroxylation sites is 1. The summed E-state index contributed by atoms with van der Waals surface area (Å²) in [6.45, 7) is 0.430. The second-order valence-electron chi connectivity index (χ2n) is 8.81. The second-order valence-corrected chi connectivity index (χ2v) is 10.5. The average Bonchev–Trinajstić information content (AvgIpc) is 3.30. The van der Waals surface area contributed by atoms with Crippen LogP contribution in [0.5, 0.6) is 5.75 Å². The zero-order chi connectivity index (χ0) is 26.3. The van der Waals surface area contributed by atoms with Crippen molar-refractivity contribution in [3.63, 3.8) is 0 Å². The number of aliphatic imine (C=N–C) groups is 1. The Morgan fingerprint density at radius 1 is 1.08 bits per heavy atom. The molecule has 3 atom stereocenters. The van der Waals surface area contributed by atoms with Gasteiger partial charge in [0.05, 0.1) is 23.4 Å². The SMILES string of the molecule is NCCOc1ccccc1C(=O)OC(=O)C[C@@H](NC1=N[C@H]2CCCC[C@H]2N1)NS(=O)(=O)c1ccccc1. The van der Waals surface area contributed by atoms with Gasteiger partial charge in [-0.2, -0.15) is 4.72 Å². The van der Waals surface area contributed by atoms with Gasteiger partial charge in [-0.1, -0.05) is 43.2 Å². The van der Waals surface area contributed by atoms with E-state index in [-0.39, 0.29) is 41.4 Å². The highest BCUT2D eigenvalue weighted by Crippen LogP contribution is 2.24. The molecule has 0 amide bonds. The third kappa shape index (κ3) is 7.06. The molecule has 0 radical (unpaired) electrons. The van der Waals surface area contributed by atoms with Crippen LogP contribution < -0.4 is 25.8 Å². The maximum Gasteiger partial charge on any atom is 0.349 e. The average molecular weight is 530 g/mol. The molecule has 11 nitrogen and oxygen atoms in total. The number of rotatable bonds is 10. The Kier molecular flexibility index (Phi) is 8.74. The Balaban J connectivity index is 1.47. The monoisotopic (exact) mass is 529 g/mol. The maximum atomic E-state index is 13.0. The molecule has 0 saturated heterocycles. The van der Waals surface area contributed by atoms with E-state index >= 15 is 0 Å². The number of guanidine groups is 1. The van der Waals surface area contributed by atoms with Gasteiger partial charge in [0.1, 0.15) is 24.1 Å². The van der Waals surface area contributed by atoms with Crippen LogP contribution in [0.2, 0.25) is 0 Å². The fraction of sp³-hybridized carbons (Fsp3) is 0.400. The summed E-state index contributed by atoms with van der Waals surface area (Å²) in [7, 11) is -3.99. The number of ether oxygens (including phenoxy) is 2. The summed E-state index contributed by atoms with van der Waals surface area (Å²) in [4.78, 5) is 30.1. The highest BCUT2D eigenvalue weighted by atomic mass is 32.2. The lowest BCUT2D eigenvalue weighted by molar-refractivity contribution is -0.138. The predicted octanol–water partition coefficient (Wildman–Crippen LogP) is 1.26. The third-order valence-electron chi connectivity index (χ3n) is 6.07. The molecule has 0 spiro atoms. The van der Waals surface area contributed by atoms with Gasteiger partial charge in [0.15, 0.2) is 5.96 Å². The number of esters is 2. The van der Waals surface area contributed by atoms with E-state index < -0.39 is 34.5 Å². The number of nitrogens with zero attached hydrogens (tertiary/aromatic N) is 1. The van der Waals surface area contributed by atoms with E-state index in [1.54, 1.807) is 36.4 Å². The van der Waals surface area contributed by atoms with Crippen molar-refractivity contribution in [1.29, 1.82) is 0 Å². The van der Waals surface area contributed by atoms with Gasteiger partial charge in [0, 0.05) is 6.54 Å². The number of nitrogens with one attached hydrogen (secondary N) is 3. The molecule has 1 saturated carbocycles. The van der Waals surface area contributed by atoms with Gasteiger partial charge in [-0.15, -0.1) is 0 Å². The Labute approximate surface area is 215 Å². The van der Waals surface area contributed by atoms with Crippen molar-refractivity contribution < 1.29 is 27.5 Å². The number of fused-ring (bicyclic) bond motifs is 1. The van der Waals surface area contributed by atoms with Crippen LogP contribution in [0.1, 0.15) is 42.5 Å². The van der Waals surface area contributed by atoms with Crippen molar-refractivity contribution in [2.45, 2.75) is 55.2 Å². The molecule has 1 heterocycles. The van der Waals surface area contributed by atoms with E-state index in [4.69, 9.17) is 15.2 Å². The number of hydrogen-bond donors (Lipinski definition) is 4. The van der Waals surface area contributed by atoms with Gasteiger partial charge in [0.2, 0.25) is 10.0 Å². The van der Waals surface area contributed by atoms with Crippen LogP contribution in [0, 0.1) is 0 Å². The summed E-state index contributed by atoms with van der Waals surface area (Å²) in [5.41, 5.74) is 5.52. The largest absolute Gasteiger partial charge is 0.491 e. The van der Waals surface area contributed by atoms with Gasteiger partial charge in [-0.05, 0) is 37.1 Å². The van der Waals surface area contributed by atoms with Crippen molar-refractivity contribution >= 4 is 27.9 Å². The van der Waals surface area contributed by atoms with Crippen LogP contribution in [-0.4, -0.2) is 57.7 Å². The normalized spacial score (nSPS) is 19.6. The molecule has 1 fully saturated rings. The van der Waals surface area contributed by atoms with Crippen molar-refractivity contribution in [2.75, 3.05) is 13.2 Å². The van der Waals surface area contributed by atoms with Crippen LogP contribution in [0.15, 0.2) is 64.5 Å². The Morgan fingerprint density at radius 3 is 2.57 bits per heavy atom. The molecule has 0 bridgehead atoms. The fourth-order valence-electron chi connectivity index (χ4n) is 4.33.